The van der Waals surface area contributed by atoms with E-state index in [9.17, 15) is 4.79 Å². The fraction of sp³-hybridized carbons (Fsp3) is 0.619. The van der Waals surface area contributed by atoms with Crippen molar-refractivity contribution in [1.82, 2.24) is 20.4 Å². The molecule has 1 aromatic rings. The van der Waals surface area contributed by atoms with Gasteiger partial charge in [0.1, 0.15) is 6.54 Å². The molecule has 2 heterocycles. The average Bonchev–Trinajstić information content (AvgIpc) is 3.17. The highest BCUT2D eigenvalue weighted by molar-refractivity contribution is 14.0. The van der Waals surface area contributed by atoms with Crippen LogP contribution in [0.2, 0.25) is 0 Å². The van der Waals surface area contributed by atoms with Crippen molar-refractivity contribution in [3.05, 3.63) is 35.9 Å². The van der Waals surface area contributed by atoms with E-state index in [1.807, 2.05) is 13.0 Å². The minimum Gasteiger partial charge on any atom is -0.383 e. The summed E-state index contributed by atoms with van der Waals surface area (Å²) in [5.74, 6) is 0.670. The summed E-state index contributed by atoms with van der Waals surface area (Å²) in [6.07, 6.45) is 0.159. The second-order valence-electron chi connectivity index (χ2n) is 7.35. The van der Waals surface area contributed by atoms with Crippen LogP contribution in [0.25, 0.3) is 0 Å². The Labute approximate surface area is 196 Å². The Morgan fingerprint density at radius 1 is 1.27 bits per heavy atom. The molecule has 168 valence electrons. The number of fused-ring (bicyclic) bond motifs is 1. The smallest absolute Gasteiger partial charge is 0.241 e. The summed E-state index contributed by atoms with van der Waals surface area (Å²) in [4.78, 5) is 21.3. The van der Waals surface area contributed by atoms with Gasteiger partial charge in [-0.1, -0.05) is 30.3 Å². The van der Waals surface area contributed by atoms with E-state index in [0.717, 1.165) is 45.3 Å². The molecule has 0 spiro atoms. The summed E-state index contributed by atoms with van der Waals surface area (Å²) in [6.45, 7) is 8.12. The Hall–Kier alpha value is -1.43. The van der Waals surface area contributed by atoms with Crippen LogP contribution in [-0.4, -0.2) is 93.4 Å². The van der Waals surface area contributed by atoms with Crippen molar-refractivity contribution < 1.29 is 14.3 Å². The molecule has 0 aliphatic carbocycles. The summed E-state index contributed by atoms with van der Waals surface area (Å²) >= 11 is 0. The predicted molar refractivity (Wildman–Crippen MR) is 128 cm³/mol. The largest absolute Gasteiger partial charge is 0.383 e. The van der Waals surface area contributed by atoms with Gasteiger partial charge < -0.3 is 25.0 Å². The van der Waals surface area contributed by atoms with Crippen molar-refractivity contribution in [3.8, 4) is 0 Å². The topological polar surface area (TPSA) is 78.4 Å². The van der Waals surface area contributed by atoms with Crippen LogP contribution < -0.4 is 10.6 Å². The standard InChI is InChI=1S/C21H33N5O3.HI/c1-3-22-21(24-13-20(27)23-9-11-28-2)26-15-18-19(16-26)29-12-10-25(18)14-17-7-5-4-6-8-17;/h4-8,18-19H,3,9-16H2,1-2H3,(H,22,24)(H,23,27);1H. The van der Waals surface area contributed by atoms with E-state index in [2.05, 4.69) is 49.7 Å². The molecule has 2 N–H and O–H groups in total. The van der Waals surface area contributed by atoms with E-state index < -0.39 is 0 Å². The first-order chi connectivity index (χ1) is 14.2. The van der Waals surface area contributed by atoms with Gasteiger partial charge in [0.15, 0.2) is 5.96 Å². The first kappa shape index (κ1) is 24.8. The van der Waals surface area contributed by atoms with Gasteiger partial charge in [-0.2, -0.15) is 0 Å². The van der Waals surface area contributed by atoms with Gasteiger partial charge in [0.25, 0.3) is 0 Å². The zero-order chi connectivity index (χ0) is 20.5. The van der Waals surface area contributed by atoms with E-state index in [1.54, 1.807) is 7.11 Å². The Morgan fingerprint density at radius 3 is 2.80 bits per heavy atom. The van der Waals surface area contributed by atoms with Gasteiger partial charge in [-0.3, -0.25) is 9.69 Å². The monoisotopic (exact) mass is 531 g/mol. The Bertz CT molecular complexity index is 676. The van der Waals surface area contributed by atoms with Crippen molar-refractivity contribution in [2.24, 2.45) is 4.99 Å². The van der Waals surface area contributed by atoms with Crippen LogP contribution in [0.3, 0.4) is 0 Å². The average molecular weight is 531 g/mol. The number of hydrogen-bond donors (Lipinski definition) is 2. The number of morpholine rings is 1. The summed E-state index contributed by atoms with van der Waals surface area (Å²) in [7, 11) is 1.61. The Kier molecular flexibility index (Phi) is 10.8. The van der Waals surface area contributed by atoms with Crippen LogP contribution in [0.4, 0.5) is 0 Å². The maximum atomic E-state index is 12.0. The number of carbonyl (C=O) groups is 1. The SMILES string of the molecule is CCNC(=NCC(=O)NCCOC)N1CC2OCCN(Cc3ccccc3)C2C1.I. The number of aliphatic imine (C=N–C) groups is 1. The van der Waals surface area contributed by atoms with Crippen LogP contribution in [-0.2, 0) is 20.8 Å². The van der Waals surface area contributed by atoms with Crippen LogP contribution >= 0.6 is 24.0 Å². The molecule has 1 aromatic carbocycles. The number of amides is 1. The Balaban J connectivity index is 0.00000320. The number of halogens is 1. The van der Waals surface area contributed by atoms with Gasteiger partial charge in [0.2, 0.25) is 5.91 Å². The van der Waals surface area contributed by atoms with Crippen LogP contribution in [0, 0.1) is 0 Å². The molecule has 2 aliphatic rings. The number of nitrogens with one attached hydrogen (secondary N) is 2. The normalized spacial score (nSPS) is 21.7. The number of carbonyl (C=O) groups excluding carboxylic acids is 1. The van der Waals surface area contributed by atoms with Gasteiger partial charge in [-0.15, -0.1) is 24.0 Å². The third-order valence-electron chi connectivity index (χ3n) is 5.28. The molecule has 2 atom stereocenters. The molecule has 0 saturated carbocycles. The van der Waals surface area contributed by atoms with E-state index in [0.29, 0.717) is 19.2 Å². The number of nitrogens with zero attached hydrogens (tertiary/aromatic N) is 3. The summed E-state index contributed by atoms with van der Waals surface area (Å²) in [5.41, 5.74) is 1.32. The number of ether oxygens (including phenoxy) is 2. The number of guanidine groups is 1. The lowest BCUT2D eigenvalue weighted by atomic mass is 10.1. The highest BCUT2D eigenvalue weighted by atomic mass is 127. The molecule has 8 nitrogen and oxygen atoms in total. The molecule has 0 aromatic heterocycles. The number of likely N-dealkylation sites (tertiary alicyclic amines) is 1. The van der Waals surface area contributed by atoms with Crippen LogP contribution in [0.1, 0.15) is 12.5 Å². The molecule has 2 aliphatic heterocycles. The second-order valence-corrected chi connectivity index (χ2v) is 7.35. The van der Waals surface area contributed by atoms with Gasteiger partial charge in [0.05, 0.1) is 25.4 Å². The molecule has 2 unspecified atom stereocenters. The third kappa shape index (κ3) is 7.07. The maximum Gasteiger partial charge on any atom is 0.241 e. The van der Waals surface area contributed by atoms with Gasteiger partial charge in [-0.25, -0.2) is 4.99 Å². The number of rotatable bonds is 8. The lowest BCUT2D eigenvalue weighted by Gasteiger charge is -2.36. The molecule has 2 fully saturated rings. The zero-order valence-electron chi connectivity index (χ0n) is 17.9. The lowest BCUT2D eigenvalue weighted by Crippen LogP contribution is -2.50. The zero-order valence-corrected chi connectivity index (χ0v) is 20.2. The van der Waals surface area contributed by atoms with Crippen LogP contribution in [0.15, 0.2) is 35.3 Å². The first-order valence-electron chi connectivity index (χ1n) is 10.4. The van der Waals surface area contributed by atoms with E-state index in [-0.39, 0.29) is 42.5 Å². The highest BCUT2D eigenvalue weighted by Gasteiger charge is 2.41. The minimum atomic E-state index is -0.101. The summed E-state index contributed by atoms with van der Waals surface area (Å²) in [6, 6.07) is 10.9. The summed E-state index contributed by atoms with van der Waals surface area (Å²) in [5, 5.41) is 6.12. The molecular weight excluding hydrogens is 497 g/mol. The minimum absolute atomic E-state index is 0. The molecule has 3 rings (SSSR count). The van der Waals surface area contributed by atoms with E-state index in [4.69, 9.17) is 9.47 Å². The second kappa shape index (κ2) is 13.1. The summed E-state index contributed by atoms with van der Waals surface area (Å²) < 4.78 is 11.0. The third-order valence-corrected chi connectivity index (χ3v) is 5.28. The predicted octanol–water partition coefficient (Wildman–Crippen LogP) is 0.918. The van der Waals surface area contributed by atoms with Crippen molar-refractivity contribution in [2.75, 3.05) is 59.6 Å². The number of methoxy groups -OCH3 is 1. The Morgan fingerprint density at radius 2 is 2.07 bits per heavy atom. The molecule has 9 heteroatoms. The van der Waals surface area contributed by atoms with Crippen molar-refractivity contribution in [3.63, 3.8) is 0 Å². The molecule has 2 saturated heterocycles. The fourth-order valence-corrected chi connectivity index (χ4v) is 3.87. The quantitative estimate of drug-likeness (QED) is 0.225. The van der Waals surface area contributed by atoms with Crippen LogP contribution in [0.5, 0.6) is 0 Å². The maximum absolute atomic E-state index is 12.0. The fourth-order valence-electron chi connectivity index (χ4n) is 3.87. The molecule has 0 bridgehead atoms. The van der Waals surface area contributed by atoms with Crippen molar-refractivity contribution >= 4 is 35.8 Å². The van der Waals surface area contributed by atoms with E-state index in [1.165, 1.54) is 5.56 Å². The van der Waals surface area contributed by atoms with Crippen molar-refractivity contribution in [1.29, 1.82) is 0 Å². The molecular formula is C21H34IN5O3. The highest BCUT2D eigenvalue weighted by Crippen LogP contribution is 2.24. The van der Waals surface area contributed by atoms with Gasteiger partial charge in [0, 0.05) is 46.4 Å². The first-order valence-corrected chi connectivity index (χ1v) is 10.4. The number of benzene rings is 1. The van der Waals surface area contributed by atoms with Gasteiger partial charge in [-0.05, 0) is 12.5 Å². The van der Waals surface area contributed by atoms with E-state index >= 15 is 0 Å². The van der Waals surface area contributed by atoms with Gasteiger partial charge >= 0.3 is 0 Å². The molecule has 0 radical (unpaired) electrons. The molecule has 1 amide bonds. The van der Waals surface area contributed by atoms with Crippen molar-refractivity contribution in [2.45, 2.75) is 25.6 Å². The molecule has 30 heavy (non-hydrogen) atoms. The lowest BCUT2D eigenvalue weighted by molar-refractivity contribution is -0.119. The number of hydrogen-bond acceptors (Lipinski definition) is 5.